The van der Waals surface area contributed by atoms with Crippen molar-refractivity contribution in [1.29, 1.82) is 0 Å². The predicted molar refractivity (Wildman–Crippen MR) is 97.0 cm³/mol. The summed E-state index contributed by atoms with van der Waals surface area (Å²) in [5.41, 5.74) is 6.06. The van der Waals surface area contributed by atoms with Crippen LogP contribution in [0.1, 0.15) is 42.8 Å². The first-order valence-corrected chi connectivity index (χ1v) is 9.15. The zero-order valence-electron chi connectivity index (χ0n) is 15.2. The molecule has 1 amide bonds. The molecule has 0 aromatic carbocycles. The van der Waals surface area contributed by atoms with Crippen LogP contribution in [0.5, 0.6) is 0 Å². The first-order chi connectivity index (χ1) is 12.1. The van der Waals surface area contributed by atoms with Gasteiger partial charge in [-0.05, 0) is 38.3 Å². The van der Waals surface area contributed by atoms with Gasteiger partial charge in [0.15, 0.2) is 5.82 Å². The lowest BCUT2D eigenvalue weighted by Gasteiger charge is -2.32. The van der Waals surface area contributed by atoms with Crippen molar-refractivity contribution in [2.75, 3.05) is 18.0 Å². The second kappa shape index (κ2) is 6.17. The van der Waals surface area contributed by atoms with Crippen molar-refractivity contribution in [2.45, 2.75) is 53.1 Å². The average molecular weight is 339 g/mol. The molecule has 0 saturated carbocycles. The molecule has 0 atom stereocenters. The van der Waals surface area contributed by atoms with E-state index in [2.05, 4.69) is 27.6 Å². The molecule has 6 nitrogen and oxygen atoms in total. The Balaban J connectivity index is 1.80. The summed E-state index contributed by atoms with van der Waals surface area (Å²) < 4.78 is 2.11. The number of hydrogen-bond donors (Lipinski definition) is 0. The number of nitrogens with zero attached hydrogens (tertiary/aromatic N) is 5. The van der Waals surface area contributed by atoms with Crippen molar-refractivity contribution in [2.24, 2.45) is 0 Å². The van der Waals surface area contributed by atoms with Crippen LogP contribution in [0.25, 0.3) is 0 Å². The number of hydrogen-bond acceptors (Lipinski definition) is 4. The SMILES string of the molecule is CCn1nc(N2CCCc3cc(C)ncc32)c2c1CCN(C(C)=O)C2. The van der Waals surface area contributed by atoms with Crippen molar-refractivity contribution < 1.29 is 4.79 Å². The maximum atomic E-state index is 11.9. The normalized spacial score (nSPS) is 16.6. The lowest BCUT2D eigenvalue weighted by atomic mass is 10.0. The van der Waals surface area contributed by atoms with Crippen LogP contribution >= 0.6 is 0 Å². The van der Waals surface area contributed by atoms with Crippen LogP contribution in [-0.4, -0.2) is 38.7 Å². The quantitative estimate of drug-likeness (QED) is 0.844. The maximum absolute atomic E-state index is 11.9. The predicted octanol–water partition coefficient (Wildman–Crippen LogP) is 2.60. The third kappa shape index (κ3) is 2.69. The smallest absolute Gasteiger partial charge is 0.219 e. The number of amides is 1. The van der Waals surface area contributed by atoms with Gasteiger partial charge in [0.1, 0.15) is 0 Å². The van der Waals surface area contributed by atoms with Gasteiger partial charge in [0.2, 0.25) is 5.91 Å². The van der Waals surface area contributed by atoms with Gasteiger partial charge in [-0.25, -0.2) is 0 Å². The van der Waals surface area contributed by atoms with E-state index >= 15 is 0 Å². The van der Waals surface area contributed by atoms with Crippen LogP contribution in [0.15, 0.2) is 12.3 Å². The Morgan fingerprint density at radius 2 is 2.12 bits per heavy atom. The molecule has 0 N–H and O–H groups in total. The van der Waals surface area contributed by atoms with Crippen LogP contribution < -0.4 is 4.90 Å². The summed E-state index contributed by atoms with van der Waals surface area (Å²) in [6.45, 7) is 9.06. The first-order valence-electron chi connectivity index (χ1n) is 9.15. The summed E-state index contributed by atoms with van der Waals surface area (Å²) in [4.78, 5) is 20.6. The third-order valence-corrected chi connectivity index (χ3v) is 5.33. The number of carbonyl (C=O) groups excluding carboxylic acids is 1. The minimum atomic E-state index is 0.136. The molecule has 2 aromatic heterocycles. The lowest BCUT2D eigenvalue weighted by Crippen LogP contribution is -2.35. The molecular formula is C19H25N5O. The van der Waals surface area contributed by atoms with E-state index < -0.39 is 0 Å². The molecule has 132 valence electrons. The Kier molecular flexibility index (Phi) is 3.98. The van der Waals surface area contributed by atoms with Gasteiger partial charge in [0.05, 0.1) is 18.4 Å². The molecule has 0 bridgehead atoms. The molecule has 0 spiro atoms. The summed E-state index contributed by atoms with van der Waals surface area (Å²) in [6.07, 6.45) is 5.06. The van der Waals surface area contributed by atoms with Crippen LogP contribution in [0.4, 0.5) is 11.5 Å². The van der Waals surface area contributed by atoms with Gasteiger partial charge in [-0.1, -0.05) is 0 Å². The summed E-state index contributed by atoms with van der Waals surface area (Å²) in [5, 5.41) is 4.93. The molecule has 0 saturated heterocycles. The standard InChI is InChI=1S/C19H25N5O/c1-4-24-17-7-9-22(14(3)25)12-16(17)19(21-24)23-8-5-6-15-10-13(2)20-11-18(15)23/h10-11H,4-9,12H2,1-3H3. The molecule has 6 heteroatoms. The summed E-state index contributed by atoms with van der Waals surface area (Å²) in [6, 6.07) is 2.19. The van der Waals surface area contributed by atoms with Gasteiger partial charge >= 0.3 is 0 Å². The topological polar surface area (TPSA) is 54.3 Å². The van der Waals surface area contributed by atoms with Gasteiger partial charge in [-0.3, -0.25) is 14.5 Å². The van der Waals surface area contributed by atoms with E-state index in [1.54, 1.807) is 6.92 Å². The molecule has 25 heavy (non-hydrogen) atoms. The van der Waals surface area contributed by atoms with E-state index in [1.165, 1.54) is 22.5 Å². The number of rotatable bonds is 2. The second-order valence-electron chi connectivity index (χ2n) is 6.96. The minimum absolute atomic E-state index is 0.136. The minimum Gasteiger partial charge on any atom is -0.338 e. The molecule has 2 aromatic rings. The zero-order valence-corrected chi connectivity index (χ0v) is 15.2. The summed E-state index contributed by atoms with van der Waals surface area (Å²) >= 11 is 0. The van der Waals surface area contributed by atoms with E-state index in [9.17, 15) is 4.79 Å². The van der Waals surface area contributed by atoms with Gasteiger partial charge in [0, 0.05) is 49.9 Å². The van der Waals surface area contributed by atoms with Crippen LogP contribution in [0.3, 0.4) is 0 Å². The number of pyridine rings is 1. The molecule has 0 radical (unpaired) electrons. The van der Waals surface area contributed by atoms with E-state index in [-0.39, 0.29) is 5.91 Å². The first kappa shape index (κ1) is 16.1. The lowest BCUT2D eigenvalue weighted by molar-refractivity contribution is -0.129. The van der Waals surface area contributed by atoms with E-state index in [0.717, 1.165) is 50.4 Å². The van der Waals surface area contributed by atoms with Gasteiger partial charge in [0.25, 0.3) is 0 Å². The molecular weight excluding hydrogens is 314 g/mol. The number of aryl methyl sites for hydroxylation is 3. The zero-order chi connectivity index (χ0) is 17.6. The Bertz CT molecular complexity index is 825. The number of anilines is 2. The van der Waals surface area contributed by atoms with E-state index in [0.29, 0.717) is 6.54 Å². The molecule has 0 unspecified atom stereocenters. The molecule has 0 fully saturated rings. The maximum Gasteiger partial charge on any atom is 0.219 e. The van der Waals surface area contributed by atoms with Crippen molar-refractivity contribution in [3.63, 3.8) is 0 Å². The largest absolute Gasteiger partial charge is 0.338 e. The third-order valence-electron chi connectivity index (χ3n) is 5.33. The molecule has 4 heterocycles. The number of carbonyl (C=O) groups is 1. The fourth-order valence-corrected chi connectivity index (χ4v) is 4.04. The summed E-state index contributed by atoms with van der Waals surface area (Å²) in [7, 11) is 0. The van der Waals surface area contributed by atoms with Gasteiger partial charge < -0.3 is 9.80 Å². The molecule has 2 aliphatic heterocycles. The Labute approximate surface area is 148 Å². The highest BCUT2D eigenvalue weighted by Crippen LogP contribution is 2.37. The molecule has 4 rings (SSSR count). The highest BCUT2D eigenvalue weighted by Gasteiger charge is 2.30. The Hall–Kier alpha value is -2.37. The van der Waals surface area contributed by atoms with Crippen molar-refractivity contribution in [1.82, 2.24) is 19.7 Å². The van der Waals surface area contributed by atoms with E-state index in [4.69, 9.17) is 5.10 Å². The van der Waals surface area contributed by atoms with Crippen molar-refractivity contribution in [3.8, 4) is 0 Å². The van der Waals surface area contributed by atoms with Crippen LogP contribution in [0.2, 0.25) is 0 Å². The monoisotopic (exact) mass is 339 g/mol. The molecule has 0 aliphatic carbocycles. The van der Waals surface area contributed by atoms with Crippen LogP contribution in [0, 0.1) is 6.92 Å². The Morgan fingerprint density at radius 1 is 1.28 bits per heavy atom. The van der Waals surface area contributed by atoms with Crippen LogP contribution in [-0.2, 0) is 30.7 Å². The Morgan fingerprint density at radius 3 is 2.88 bits per heavy atom. The van der Waals surface area contributed by atoms with E-state index in [1.807, 2.05) is 18.0 Å². The van der Waals surface area contributed by atoms with Gasteiger partial charge in [-0.2, -0.15) is 5.10 Å². The van der Waals surface area contributed by atoms with Gasteiger partial charge in [-0.15, -0.1) is 0 Å². The average Bonchev–Trinajstić information content (AvgIpc) is 2.98. The second-order valence-corrected chi connectivity index (χ2v) is 6.96. The highest BCUT2D eigenvalue weighted by molar-refractivity contribution is 5.75. The van der Waals surface area contributed by atoms with Crippen molar-refractivity contribution >= 4 is 17.4 Å². The molecule has 2 aliphatic rings. The fourth-order valence-electron chi connectivity index (χ4n) is 4.04. The highest BCUT2D eigenvalue weighted by atomic mass is 16.2. The summed E-state index contributed by atoms with van der Waals surface area (Å²) in [5.74, 6) is 1.14. The number of fused-ring (bicyclic) bond motifs is 2. The number of aromatic nitrogens is 3. The van der Waals surface area contributed by atoms with Crippen molar-refractivity contribution in [3.05, 3.63) is 34.8 Å². The fraction of sp³-hybridized carbons (Fsp3) is 0.526.